The number of hydrogen-bond donors (Lipinski definition) is 3. The predicted octanol–water partition coefficient (Wildman–Crippen LogP) is 3.11. The van der Waals surface area contributed by atoms with Gasteiger partial charge in [-0.1, -0.05) is 31.2 Å². The van der Waals surface area contributed by atoms with Crippen molar-refractivity contribution in [2.45, 2.75) is 26.0 Å². The second-order valence-electron chi connectivity index (χ2n) is 9.53. The number of nitrogens with zero attached hydrogens (tertiary/aromatic N) is 4. The van der Waals surface area contributed by atoms with Crippen molar-refractivity contribution in [3.8, 4) is 5.75 Å². The van der Waals surface area contributed by atoms with Crippen LogP contribution in [0.5, 0.6) is 5.75 Å². The van der Waals surface area contributed by atoms with Gasteiger partial charge in [-0.05, 0) is 31.2 Å². The summed E-state index contributed by atoms with van der Waals surface area (Å²) in [6, 6.07) is 13.2. The van der Waals surface area contributed by atoms with Crippen LogP contribution in [0, 0.1) is 5.92 Å². The molecule has 39 heavy (non-hydrogen) atoms. The van der Waals surface area contributed by atoms with E-state index in [0.29, 0.717) is 12.2 Å². The molecule has 11 nitrogen and oxygen atoms in total. The molecule has 2 heterocycles. The first-order valence-electron chi connectivity index (χ1n) is 12.6. The lowest BCUT2D eigenvalue weighted by molar-refractivity contribution is 0.0372. The van der Waals surface area contributed by atoms with E-state index < -0.39 is 18.1 Å². The van der Waals surface area contributed by atoms with Gasteiger partial charge in [-0.2, -0.15) is 0 Å². The van der Waals surface area contributed by atoms with E-state index >= 15 is 0 Å². The Labute approximate surface area is 226 Å². The molecule has 4 rings (SSSR count). The molecule has 0 spiro atoms. The number of hydrogen-bond acceptors (Lipinski definition) is 7. The molecule has 0 bridgehead atoms. The second-order valence-corrected chi connectivity index (χ2v) is 9.53. The van der Waals surface area contributed by atoms with Crippen molar-refractivity contribution in [1.29, 1.82) is 0 Å². The molecular weight excluding hydrogens is 500 g/mol. The molecule has 3 N–H and O–H groups in total. The number of amides is 4. The zero-order valence-corrected chi connectivity index (χ0v) is 22.1. The SMILES string of the molecule is C[C@H]1CN([C@@H](C)CO)C(=O)c2cccc(NC(=O)c3cnccn3)c2O[C@H]1CN(C)C(=O)Nc1ccccc1. The van der Waals surface area contributed by atoms with Crippen LogP contribution in [0.4, 0.5) is 16.2 Å². The first-order chi connectivity index (χ1) is 18.8. The maximum atomic E-state index is 13.6. The Balaban J connectivity index is 1.65. The van der Waals surface area contributed by atoms with Crippen LogP contribution in [-0.2, 0) is 0 Å². The third-order valence-corrected chi connectivity index (χ3v) is 6.56. The first-order valence-corrected chi connectivity index (χ1v) is 12.6. The lowest BCUT2D eigenvalue weighted by atomic mass is 9.99. The number of carbonyl (C=O) groups is 3. The first kappa shape index (κ1) is 27.5. The van der Waals surface area contributed by atoms with E-state index in [1.54, 1.807) is 49.2 Å². The Morgan fingerprint density at radius 1 is 1.15 bits per heavy atom. The predicted molar refractivity (Wildman–Crippen MR) is 146 cm³/mol. The number of fused-ring (bicyclic) bond motifs is 1. The highest BCUT2D eigenvalue weighted by molar-refractivity contribution is 6.06. The van der Waals surface area contributed by atoms with Crippen LogP contribution in [0.2, 0.25) is 0 Å². The number of aliphatic hydroxyl groups is 1. The highest BCUT2D eigenvalue weighted by Crippen LogP contribution is 2.35. The Kier molecular flexibility index (Phi) is 8.72. The average molecular weight is 533 g/mol. The molecule has 0 unspecified atom stereocenters. The summed E-state index contributed by atoms with van der Waals surface area (Å²) in [6.07, 6.45) is 3.66. The zero-order chi connectivity index (χ0) is 27.9. The van der Waals surface area contributed by atoms with Crippen molar-refractivity contribution in [3.63, 3.8) is 0 Å². The number of aromatic nitrogens is 2. The van der Waals surface area contributed by atoms with Crippen LogP contribution in [0.25, 0.3) is 0 Å². The third kappa shape index (κ3) is 6.50. The fourth-order valence-electron chi connectivity index (χ4n) is 4.26. The second kappa shape index (κ2) is 12.4. The van der Waals surface area contributed by atoms with Crippen molar-refractivity contribution in [1.82, 2.24) is 19.8 Å². The van der Waals surface area contributed by atoms with E-state index in [0.717, 1.165) is 0 Å². The number of anilines is 2. The fraction of sp³-hybridized carbons (Fsp3) is 0.321. The molecule has 1 aliphatic heterocycles. The van der Waals surface area contributed by atoms with Gasteiger partial charge in [0.05, 0.1) is 36.6 Å². The van der Waals surface area contributed by atoms with Gasteiger partial charge in [0.1, 0.15) is 11.8 Å². The van der Waals surface area contributed by atoms with Crippen LogP contribution in [0.3, 0.4) is 0 Å². The van der Waals surface area contributed by atoms with E-state index in [4.69, 9.17) is 4.74 Å². The van der Waals surface area contributed by atoms with Crippen molar-refractivity contribution < 1.29 is 24.2 Å². The van der Waals surface area contributed by atoms with Crippen molar-refractivity contribution in [3.05, 3.63) is 78.4 Å². The van der Waals surface area contributed by atoms with E-state index in [1.807, 2.05) is 25.1 Å². The minimum atomic E-state index is -0.550. The Bertz CT molecular complexity index is 1310. The fourth-order valence-corrected chi connectivity index (χ4v) is 4.26. The number of benzene rings is 2. The molecule has 1 aromatic heterocycles. The number of urea groups is 1. The lowest BCUT2D eigenvalue weighted by Gasteiger charge is -2.38. The van der Waals surface area contributed by atoms with Crippen LogP contribution in [0.1, 0.15) is 34.7 Å². The molecule has 2 aromatic carbocycles. The molecule has 3 aromatic rings. The van der Waals surface area contributed by atoms with Gasteiger partial charge in [-0.15, -0.1) is 0 Å². The molecule has 0 fully saturated rings. The third-order valence-electron chi connectivity index (χ3n) is 6.56. The normalized spacial score (nSPS) is 17.6. The summed E-state index contributed by atoms with van der Waals surface area (Å²) in [5.74, 6) is -0.892. The molecular formula is C28H32N6O5. The molecule has 0 aliphatic carbocycles. The van der Waals surface area contributed by atoms with Gasteiger partial charge in [-0.3, -0.25) is 14.6 Å². The maximum absolute atomic E-state index is 13.6. The van der Waals surface area contributed by atoms with E-state index in [2.05, 4.69) is 20.6 Å². The van der Waals surface area contributed by atoms with Crippen LogP contribution in [-0.4, -0.2) is 81.6 Å². The molecule has 0 saturated heterocycles. The van der Waals surface area contributed by atoms with Gasteiger partial charge >= 0.3 is 6.03 Å². The van der Waals surface area contributed by atoms with Crippen molar-refractivity contribution in [2.24, 2.45) is 5.92 Å². The molecule has 0 radical (unpaired) electrons. The van der Waals surface area contributed by atoms with Gasteiger partial charge < -0.3 is 30.3 Å². The largest absolute Gasteiger partial charge is 0.485 e. The average Bonchev–Trinajstić information content (AvgIpc) is 2.95. The Hall–Kier alpha value is -4.51. The van der Waals surface area contributed by atoms with Crippen LogP contribution >= 0.6 is 0 Å². The summed E-state index contributed by atoms with van der Waals surface area (Å²) >= 11 is 0. The summed E-state index contributed by atoms with van der Waals surface area (Å²) < 4.78 is 6.44. The number of carbonyl (C=O) groups excluding carboxylic acids is 3. The number of ether oxygens (including phenoxy) is 1. The maximum Gasteiger partial charge on any atom is 0.321 e. The number of rotatable bonds is 7. The minimum Gasteiger partial charge on any atom is -0.485 e. The van der Waals surface area contributed by atoms with Gasteiger partial charge in [0.25, 0.3) is 11.8 Å². The van der Waals surface area contributed by atoms with E-state index in [9.17, 15) is 19.5 Å². The van der Waals surface area contributed by atoms with Gasteiger partial charge in [0.2, 0.25) is 0 Å². The smallest absolute Gasteiger partial charge is 0.321 e. The number of nitrogens with one attached hydrogen (secondary N) is 2. The van der Waals surface area contributed by atoms with Gasteiger partial charge in [-0.25, -0.2) is 9.78 Å². The topological polar surface area (TPSA) is 137 Å². The summed E-state index contributed by atoms with van der Waals surface area (Å²) in [5.41, 5.74) is 1.28. The summed E-state index contributed by atoms with van der Waals surface area (Å²) in [4.78, 5) is 50.5. The Morgan fingerprint density at radius 2 is 1.92 bits per heavy atom. The number of likely N-dealkylation sites (N-methyl/N-ethyl adjacent to an activating group) is 1. The highest BCUT2D eigenvalue weighted by Gasteiger charge is 2.35. The summed E-state index contributed by atoms with van der Waals surface area (Å²) in [7, 11) is 1.66. The standard InChI is InChI=1S/C28H32N6O5/c1-18-15-34(19(2)17-35)27(37)21-10-7-11-22(32-26(36)23-14-29-12-13-30-23)25(21)39-24(18)16-33(3)28(38)31-20-8-5-4-6-9-20/h4-14,18-19,24,35H,15-17H2,1-3H3,(H,31,38)(H,32,36)/t18-,19-,24-/m0/s1. The summed E-state index contributed by atoms with van der Waals surface area (Å²) in [6.45, 7) is 3.96. The molecule has 1 aliphatic rings. The molecule has 0 saturated carbocycles. The van der Waals surface area contributed by atoms with Crippen molar-refractivity contribution in [2.75, 3.05) is 37.4 Å². The van der Waals surface area contributed by atoms with E-state index in [1.165, 1.54) is 23.5 Å². The monoisotopic (exact) mass is 532 g/mol. The van der Waals surface area contributed by atoms with Crippen LogP contribution in [0.15, 0.2) is 67.1 Å². The highest BCUT2D eigenvalue weighted by atomic mass is 16.5. The summed E-state index contributed by atoms with van der Waals surface area (Å²) in [5, 5.41) is 15.5. The Morgan fingerprint density at radius 3 is 2.62 bits per heavy atom. The van der Waals surface area contributed by atoms with Crippen molar-refractivity contribution >= 4 is 29.2 Å². The molecule has 3 atom stereocenters. The van der Waals surface area contributed by atoms with Gasteiger partial charge in [0, 0.05) is 37.6 Å². The van der Waals surface area contributed by atoms with E-state index in [-0.39, 0.29) is 53.7 Å². The van der Waals surface area contributed by atoms with Crippen LogP contribution < -0.4 is 15.4 Å². The minimum absolute atomic E-state index is 0.102. The number of para-hydroxylation sites is 2. The molecule has 204 valence electrons. The zero-order valence-electron chi connectivity index (χ0n) is 22.1. The lowest BCUT2D eigenvalue weighted by Crippen LogP contribution is -2.50. The quantitative estimate of drug-likeness (QED) is 0.425. The molecule has 11 heteroatoms. The molecule has 4 amide bonds. The van der Waals surface area contributed by atoms with Gasteiger partial charge in [0.15, 0.2) is 5.75 Å². The number of aliphatic hydroxyl groups excluding tert-OH is 1.